The third-order valence-electron chi connectivity index (χ3n) is 3.72. The predicted octanol–water partition coefficient (Wildman–Crippen LogP) is 3.25. The number of fused-ring (bicyclic) bond motifs is 1. The van der Waals surface area contributed by atoms with Crippen molar-refractivity contribution < 1.29 is 28.5 Å². The van der Waals surface area contributed by atoms with Crippen LogP contribution in [-0.4, -0.2) is 32.1 Å². The summed E-state index contributed by atoms with van der Waals surface area (Å²) < 4.78 is 20.9. The van der Waals surface area contributed by atoms with Crippen LogP contribution < -0.4 is 14.2 Å². The molecule has 0 aromatic heterocycles. The number of Topliss-reactive ketones (excluding diaryl/α,β-unsaturated/α-hetero) is 1. The minimum absolute atomic E-state index is 0.199. The molecule has 2 aromatic carbocycles. The lowest BCUT2D eigenvalue weighted by Gasteiger charge is -2.06. The maximum Gasteiger partial charge on any atom is 0.344 e. The zero-order valence-corrected chi connectivity index (χ0v) is 14.5. The Morgan fingerprint density at radius 3 is 2.54 bits per heavy atom. The van der Waals surface area contributed by atoms with Crippen molar-refractivity contribution in [3.63, 3.8) is 0 Å². The molecule has 26 heavy (non-hydrogen) atoms. The van der Waals surface area contributed by atoms with Crippen LogP contribution in [0.2, 0.25) is 0 Å². The highest BCUT2D eigenvalue weighted by atomic mass is 16.6. The summed E-state index contributed by atoms with van der Waals surface area (Å²) in [6.45, 7) is 1.82. The molecule has 1 heterocycles. The number of ketones is 1. The molecule has 0 atom stereocenters. The van der Waals surface area contributed by atoms with Crippen LogP contribution in [0.5, 0.6) is 17.2 Å². The van der Waals surface area contributed by atoms with Gasteiger partial charge in [-0.2, -0.15) is 0 Å². The lowest BCUT2D eigenvalue weighted by Crippen LogP contribution is -2.14. The molecule has 1 aliphatic heterocycles. The van der Waals surface area contributed by atoms with Crippen LogP contribution in [0.3, 0.4) is 0 Å². The van der Waals surface area contributed by atoms with Crippen molar-refractivity contribution in [3.05, 3.63) is 59.4 Å². The molecule has 6 heteroatoms. The monoisotopic (exact) mass is 354 g/mol. The van der Waals surface area contributed by atoms with E-state index in [2.05, 4.69) is 0 Å². The second-order valence-corrected chi connectivity index (χ2v) is 5.46. The fourth-order valence-corrected chi connectivity index (χ4v) is 2.45. The van der Waals surface area contributed by atoms with E-state index < -0.39 is 5.97 Å². The smallest absolute Gasteiger partial charge is 0.344 e. The van der Waals surface area contributed by atoms with Gasteiger partial charge in [-0.3, -0.25) is 4.79 Å². The van der Waals surface area contributed by atoms with Crippen LogP contribution in [-0.2, 0) is 9.53 Å². The van der Waals surface area contributed by atoms with Gasteiger partial charge in [-0.25, -0.2) is 4.79 Å². The third kappa shape index (κ3) is 3.85. The van der Waals surface area contributed by atoms with Gasteiger partial charge >= 0.3 is 5.97 Å². The first-order valence-electron chi connectivity index (χ1n) is 8.11. The number of hydrogen-bond donors (Lipinski definition) is 0. The van der Waals surface area contributed by atoms with Gasteiger partial charge < -0.3 is 18.9 Å². The van der Waals surface area contributed by atoms with Crippen LogP contribution >= 0.6 is 0 Å². The molecule has 134 valence electrons. The Morgan fingerprint density at radius 2 is 1.85 bits per heavy atom. The molecule has 1 aliphatic rings. The van der Waals surface area contributed by atoms with Gasteiger partial charge in [0.1, 0.15) is 17.2 Å². The van der Waals surface area contributed by atoms with E-state index in [0.29, 0.717) is 23.7 Å². The number of benzene rings is 2. The van der Waals surface area contributed by atoms with Crippen molar-refractivity contribution in [1.82, 2.24) is 0 Å². The van der Waals surface area contributed by atoms with Gasteiger partial charge in [-0.15, -0.1) is 0 Å². The molecule has 0 saturated heterocycles. The number of rotatable bonds is 6. The summed E-state index contributed by atoms with van der Waals surface area (Å²) in [5.74, 6) is 1.13. The Labute approximate surface area is 150 Å². The summed E-state index contributed by atoms with van der Waals surface area (Å²) in [4.78, 5) is 23.8. The van der Waals surface area contributed by atoms with E-state index in [9.17, 15) is 9.59 Å². The third-order valence-corrected chi connectivity index (χ3v) is 3.72. The van der Waals surface area contributed by atoms with Gasteiger partial charge in [0.15, 0.2) is 12.4 Å². The zero-order chi connectivity index (χ0) is 18.5. The number of allylic oxidation sites excluding steroid dienone is 1. The molecule has 6 nitrogen and oxygen atoms in total. The van der Waals surface area contributed by atoms with E-state index in [1.165, 1.54) is 0 Å². The summed E-state index contributed by atoms with van der Waals surface area (Å²) in [5.41, 5.74) is 1.27. The first kappa shape index (κ1) is 17.5. The molecular formula is C20H18O6. The number of ether oxygens (including phenoxy) is 4. The summed E-state index contributed by atoms with van der Waals surface area (Å²) in [5, 5.41) is 0. The van der Waals surface area contributed by atoms with Crippen molar-refractivity contribution in [2.24, 2.45) is 0 Å². The maximum atomic E-state index is 12.5. The van der Waals surface area contributed by atoms with Crippen LogP contribution in [0.4, 0.5) is 0 Å². The van der Waals surface area contributed by atoms with E-state index in [1.54, 1.807) is 50.4 Å². The highest BCUT2D eigenvalue weighted by Gasteiger charge is 2.27. The molecule has 3 rings (SSSR count). The van der Waals surface area contributed by atoms with Gasteiger partial charge in [-0.1, -0.05) is 12.1 Å². The van der Waals surface area contributed by atoms with E-state index in [0.717, 1.165) is 11.3 Å². The van der Waals surface area contributed by atoms with E-state index in [1.807, 2.05) is 12.1 Å². The molecule has 0 amide bonds. The molecule has 0 radical (unpaired) electrons. The molecule has 0 unspecified atom stereocenters. The van der Waals surface area contributed by atoms with Crippen LogP contribution in [0.1, 0.15) is 22.8 Å². The van der Waals surface area contributed by atoms with E-state index >= 15 is 0 Å². The molecule has 0 N–H and O–H groups in total. The maximum absolute atomic E-state index is 12.5. The molecule has 0 spiro atoms. The molecule has 0 saturated carbocycles. The van der Waals surface area contributed by atoms with E-state index in [-0.39, 0.29) is 18.1 Å². The number of hydrogen-bond acceptors (Lipinski definition) is 6. The molecular weight excluding hydrogens is 336 g/mol. The highest BCUT2D eigenvalue weighted by Crippen LogP contribution is 2.35. The Bertz CT molecular complexity index is 851. The van der Waals surface area contributed by atoms with Crippen LogP contribution in [0.25, 0.3) is 6.08 Å². The summed E-state index contributed by atoms with van der Waals surface area (Å²) in [6, 6.07) is 12.1. The number of methoxy groups -OCH3 is 1. The van der Waals surface area contributed by atoms with Crippen LogP contribution in [0.15, 0.2) is 48.2 Å². The molecule has 2 aromatic rings. The van der Waals surface area contributed by atoms with Crippen molar-refractivity contribution in [2.75, 3.05) is 20.3 Å². The molecule has 0 aliphatic carbocycles. The number of carbonyl (C=O) groups excluding carboxylic acids is 2. The summed E-state index contributed by atoms with van der Waals surface area (Å²) >= 11 is 0. The second-order valence-electron chi connectivity index (χ2n) is 5.46. The standard InChI is InChI=1S/C20H18O6/c1-3-24-19(21)12-25-15-8-9-16-17(11-15)26-18(20(16)22)10-13-4-6-14(23-2)7-5-13/h4-11H,3,12H2,1-2H3. The topological polar surface area (TPSA) is 71.1 Å². The predicted molar refractivity (Wildman–Crippen MR) is 94.5 cm³/mol. The lowest BCUT2D eigenvalue weighted by molar-refractivity contribution is -0.145. The van der Waals surface area contributed by atoms with Gasteiger partial charge in [0.2, 0.25) is 5.78 Å². The average Bonchev–Trinajstić information content (AvgIpc) is 2.96. The zero-order valence-electron chi connectivity index (χ0n) is 14.5. The highest BCUT2D eigenvalue weighted by molar-refractivity contribution is 6.14. The number of carbonyl (C=O) groups is 2. The van der Waals surface area contributed by atoms with Gasteiger partial charge in [0.05, 0.1) is 19.3 Å². The Morgan fingerprint density at radius 1 is 1.12 bits per heavy atom. The van der Waals surface area contributed by atoms with Crippen molar-refractivity contribution >= 4 is 17.8 Å². The fourth-order valence-electron chi connectivity index (χ4n) is 2.45. The fraction of sp³-hybridized carbons (Fsp3) is 0.200. The first-order chi connectivity index (χ1) is 12.6. The van der Waals surface area contributed by atoms with Crippen molar-refractivity contribution in [1.29, 1.82) is 0 Å². The largest absolute Gasteiger partial charge is 0.497 e. The average molecular weight is 354 g/mol. The number of esters is 1. The van der Waals surface area contributed by atoms with Crippen molar-refractivity contribution in [3.8, 4) is 17.2 Å². The lowest BCUT2D eigenvalue weighted by atomic mass is 10.1. The second kappa shape index (κ2) is 7.74. The van der Waals surface area contributed by atoms with Crippen LogP contribution in [0, 0.1) is 0 Å². The minimum Gasteiger partial charge on any atom is -0.497 e. The van der Waals surface area contributed by atoms with E-state index in [4.69, 9.17) is 18.9 Å². The minimum atomic E-state index is -0.454. The Kier molecular flexibility index (Phi) is 5.22. The van der Waals surface area contributed by atoms with Gasteiger partial charge in [-0.05, 0) is 42.8 Å². The van der Waals surface area contributed by atoms with Gasteiger partial charge in [0.25, 0.3) is 0 Å². The Balaban J connectivity index is 1.73. The van der Waals surface area contributed by atoms with Crippen molar-refractivity contribution in [2.45, 2.75) is 6.92 Å². The summed E-state index contributed by atoms with van der Waals surface area (Å²) in [6.07, 6.45) is 1.67. The first-order valence-corrected chi connectivity index (χ1v) is 8.11. The normalized spacial score (nSPS) is 13.9. The Hall–Kier alpha value is -3.28. The molecule has 0 fully saturated rings. The summed E-state index contributed by atoms with van der Waals surface area (Å²) in [7, 11) is 1.59. The SMILES string of the molecule is CCOC(=O)COc1ccc2c(c1)OC(=Cc1ccc(OC)cc1)C2=O. The quantitative estimate of drug-likeness (QED) is 0.586. The molecule has 0 bridgehead atoms. The van der Waals surface area contributed by atoms with Gasteiger partial charge in [0, 0.05) is 6.07 Å².